The second kappa shape index (κ2) is 5.34. The van der Waals surface area contributed by atoms with Gasteiger partial charge >= 0.3 is 0 Å². The highest BCUT2D eigenvalue weighted by Gasteiger charge is 2.00. The Hall–Kier alpha value is -1.03. The second-order valence-electron chi connectivity index (χ2n) is 3.68. The topological polar surface area (TPSA) is 9.23 Å². The van der Waals surface area contributed by atoms with Crippen LogP contribution in [0, 0.1) is 10.5 Å². The quantitative estimate of drug-likeness (QED) is 0.770. The standard InChI is InChI=1S/C14H13IO/c1-11-7-8-13(15)9-14(11)16-10-12-5-3-2-4-6-12/h2-9H,10H2,1H3. The maximum atomic E-state index is 5.80. The van der Waals surface area contributed by atoms with Crippen molar-refractivity contribution in [2.75, 3.05) is 0 Å². The predicted octanol–water partition coefficient (Wildman–Crippen LogP) is 4.18. The van der Waals surface area contributed by atoms with Crippen molar-refractivity contribution in [3.63, 3.8) is 0 Å². The highest BCUT2D eigenvalue weighted by Crippen LogP contribution is 2.21. The average molecular weight is 324 g/mol. The molecule has 82 valence electrons. The van der Waals surface area contributed by atoms with E-state index < -0.39 is 0 Å². The maximum Gasteiger partial charge on any atom is 0.123 e. The molecule has 0 unspecified atom stereocenters. The Labute approximate surface area is 110 Å². The number of aryl methyl sites for hydroxylation is 1. The molecule has 0 amide bonds. The van der Waals surface area contributed by atoms with Crippen molar-refractivity contribution in [3.8, 4) is 5.75 Å². The van der Waals surface area contributed by atoms with Crippen molar-refractivity contribution in [2.24, 2.45) is 0 Å². The fourth-order valence-corrected chi connectivity index (χ4v) is 1.93. The first-order chi connectivity index (χ1) is 7.75. The summed E-state index contributed by atoms with van der Waals surface area (Å²) in [6, 6.07) is 16.5. The van der Waals surface area contributed by atoms with Gasteiger partial charge < -0.3 is 4.74 Å². The summed E-state index contributed by atoms with van der Waals surface area (Å²) in [7, 11) is 0. The summed E-state index contributed by atoms with van der Waals surface area (Å²) < 4.78 is 7.00. The highest BCUT2D eigenvalue weighted by molar-refractivity contribution is 14.1. The van der Waals surface area contributed by atoms with E-state index in [2.05, 4.69) is 59.8 Å². The van der Waals surface area contributed by atoms with Crippen molar-refractivity contribution in [3.05, 3.63) is 63.2 Å². The van der Waals surface area contributed by atoms with Gasteiger partial charge in [-0.15, -0.1) is 0 Å². The lowest BCUT2D eigenvalue weighted by Gasteiger charge is -2.09. The summed E-state index contributed by atoms with van der Waals surface area (Å²) in [4.78, 5) is 0. The molecule has 0 saturated carbocycles. The average Bonchev–Trinajstić information content (AvgIpc) is 2.32. The van der Waals surface area contributed by atoms with Gasteiger partial charge in [0.25, 0.3) is 0 Å². The van der Waals surface area contributed by atoms with Crippen LogP contribution in [-0.2, 0) is 6.61 Å². The fourth-order valence-electron chi connectivity index (χ4n) is 1.46. The number of hydrogen-bond donors (Lipinski definition) is 0. The van der Waals surface area contributed by atoms with Gasteiger partial charge in [-0.05, 0) is 52.8 Å². The highest BCUT2D eigenvalue weighted by atomic mass is 127. The molecule has 0 fully saturated rings. The molecular formula is C14H13IO. The van der Waals surface area contributed by atoms with Crippen LogP contribution >= 0.6 is 22.6 Å². The van der Waals surface area contributed by atoms with Gasteiger partial charge in [0.2, 0.25) is 0 Å². The van der Waals surface area contributed by atoms with Gasteiger partial charge in [0.05, 0.1) is 0 Å². The Morgan fingerprint density at radius 2 is 1.81 bits per heavy atom. The molecule has 2 rings (SSSR count). The number of hydrogen-bond acceptors (Lipinski definition) is 1. The van der Waals surface area contributed by atoms with Crippen LogP contribution < -0.4 is 4.74 Å². The molecule has 0 aromatic heterocycles. The van der Waals surface area contributed by atoms with E-state index in [0.717, 1.165) is 5.75 Å². The molecule has 2 aromatic rings. The van der Waals surface area contributed by atoms with E-state index in [0.29, 0.717) is 6.61 Å². The Morgan fingerprint density at radius 1 is 1.06 bits per heavy atom. The fraction of sp³-hybridized carbons (Fsp3) is 0.143. The molecule has 0 saturated heterocycles. The number of benzene rings is 2. The number of halogens is 1. The third kappa shape index (κ3) is 2.98. The molecule has 0 aliphatic heterocycles. The van der Waals surface area contributed by atoms with Gasteiger partial charge in [-0.2, -0.15) is 0 Å². The molecule has 0 radical (unpaired) electrons. The van der Waals surface area contributed by atoms with Crippen LogP contribution in [-0.4, -0.2) is 0 Å². The molecule has 0 spiro atoms. The summed E-state index contributed by atoms with van der Waals surface area (Å²) >= 11 is 2.30. The van der Waals surface area contributed by atoms with E-state index in [1.807, 2.05) is 18.2 Å². The zero-order valence-corrected chi connectivity index (χ0v) is 11.3. The van der Waals surface area contributed by atoms with Crippen LogP contribution in [0.4, 0.5) is 0 Å². The van der Waals surface area contributed by atoms with Crippen molar-refractivity contribution < 1.29 is 4.74 Å². The van der Waals surface area contributed by atoms with Gasteiger partial charge in [0, 0.05) is 3.57 Å². The lowest BCUT2D eigenvalue weighted by Crippen LogP contribution is -1.96. The molecule has 2 heteroatoms. The van der Waals surface area contributed by atoms with E-state index in [-0.39, 0.29) is 0 Å². The molecule has 0 heterocycles. The Balaban J connectivity index is 2.08. The second-order valence-corrected chi connectivity index (χ2v) is 4.93. The van der Waals surface area contributed by atoms with Crippen LogP contribution in [0.2, 0.25) is 0 Å². The Bertz CT molecular complexity index is 465. The van der Waals surface area contributed by atoms with Crippen molar-refractivity contribution in [1.82, 2.24) is 0 Å². The van der Waals surface area contributed by atoms with Gasteiger partial charge in [-0.25, -0.2) is 0 Å². The van der Waals surface area contributed by atoms with Crippen LogP contribution in [0.3, 0.4) is 0 Å². The van der Waals surface area contributed by atoms with E-state index >= 15 is 0 Å². The summed E-state index contributed by atoms with van der Waals surface area (Å²) in [5, 5.41) is 0. The smallest absolute Gasteiger partial charge is 0.123 e. The van der Waals surface area contributed by atoms with E-state index in [9.17, 15) is 0 Å². The first kappa shape index (κ1) is 11.5. The zero-order valence-electron chi connectivity index (χ0n) is 9.11. The molecule has 1 nitrogen and oxygen atoms in total. The molecule has 16 heavy (non-hydrogen) atoms. The van der Waals surface area contributed by atoms with Gasteiger partial charge in [-0.1, -0.05) is 36.4 Å². The first-order valence-electron chi connectivity index (χ1n) is 5.18. The van der Waals surface area contributed by atoms with Crippen molar-refractivity contribution in [1.29, 1.82) is 0 Å². The zero-order chi connectivity index (χ0) is 11.4. The lowest BCUT2D eigenvalue weighted by molar-refractivity contribution is 0.304. The largest absolute Gasteiger partial charge is 0.489 e. The third-order valence-electron chi connectivity index (χ3n) is 2.39. The summed E-state index contributed by atoms with van der Waals surface area (Å²) in [5.74, 6) is 0.968. The van der Waals surface area contributed by atoms with Gasteiger partial charge in [-0.3, -0.25) is 0 Å². The minimum absolute atomic E-state index is 0.627. The minimum atomic E-state index is 0.627. The van der Waals surface area contributed by atoms with Gasteiger partial charge in [0.1, 0.15) is 12.4 Å². The van der Waals surface area contributed by atoms with Crippen LogP contribution in [0.15, 0.2) is 48.5 Å². The molecule has 0 aliphatic carbocycles. The summed E-state index contributed by atoms with van der Waals surface area (Å²) in [6.07, 6.45) is 0. The lowest BCUT2D eigenvalue weighted by atomic mass is 10.2. The number of rotatable bonds is 3. The Kier molecular flexibility index (Phi) is 3.83. The van der Waals surface area contributed by atoms with Crippen molar-refractivity contribution in [2.45, 2.75) is 13.5 Å². The van der Waals surface area contributed by atoms with Crippen LogP contribution in [0.25, 0.3) is 0 Å². The van der Waals surface area contributed by atoms with E-state index in [1.165, 1.54) is 14.7 Å². The normalized spacial score (nSPS) is 10.1. The summed E-state index contributed by atoms with van der Waals surface area (Å²) in [6.45, 7) is 2.69. The third-order valence-corrected chi connectivity index (χ3v) is 3.06. The van der Waals surface area contributed by atoms with E-state index in [1.54, 1.807) is 0 Å². The number of ether oxygens (including phenoxy) is 1. The Morgan fingerprint density at radius 3 is 2.56 bits per heavy atom. The van der Waals surface area contributed by atoms with Crippen LogP contribution in [0.1, 0.15) is 11.1 Å². The minimum Gasteiger partial charge on any atom is -0.489 e. The molecule has 0 N–H and O–H groups in total. The SMILES string of the molecule is Cc1ccc(I)cc1OCc1ccccc1. The monoisotopic (exact) mass is 324 g/mol. The molecule has 0 atom stereocenters. The molecule has 0 bridgehead atoms. The van der Waals surface area contributed by atoms with Gasteiger partial charge in [0.15, 0.2) is 0 Å². The molecule has 2 aromatic carbocycles. The predicted molar refractivity (Wildman–Crippen MR) is 74.7 cm³/mol. The maximum absolute atomic E-state index is 5.80. The van der Waals surface area contributed by atoms with Crippen LogP contribution in [0.5, 0.6) is 5.75 Å². The van der Waals surface area contributed by atoms with E-state index in [4.69, 9.17) is 4.74 Å². The first-order valence-corrected chi connectivity index (χ1v) is 6.26. The molecule has 0 aliphatic rings. The molecular weight excluding hydrogens is 311 g/mol. The van der Waals surface area contributed by atoms with Crippen molar-refractivity contribution >= 4 is 22.6 Å². The summed E-state index contributed by atoms with van der Waals surface area (Å²) in [5.41, 5.74) is 2.37.